The first-order valence-electron chi connectivity index (χ1n) is 9.70. The van der Waals surface area contributed by atoms with Crippen LogP contribution in [0.1, 0.15) is 34.3 Å². The Morgan fingerprint density at radius 1 is 1.07 bits per heavy atom. The lowest BCUT2D eigenvalue weighted by atomic mass is 10.0. The number of rotatable bonds is 5. The first-order chi connectivity index (χ1) is 14.0. The number of para-hydroxylation sites is 1. The maximum atomic E-state index is 13.2. The summed E-state index contributed by atoms with van der Waals surface area (Å²) in [6, 6.07) is 19.4. The molecule has 0 saturated carbocycles. The van der Waals surface area contributed by atoms with Crippen molar-refractivity contribution in [3.63, 3.8) is 0 Å². The quantitative estimate of drug-likeness (QED) is 0.532. The number of benzene rings is 2. The van der Waals surface area contributed by atoms with Gasteiger partial charge in [-0.2, -0.15) is 0 Å². The van der Waals surface area contributed by atoms with Gasteiger partial charge < -0.3 is 9.84 Å². The fourth-order valence-electron chi connectivity index (χ4n) is 3.57. The van der Waals surface area contributed by atoms with Crippen LogP contribution in [0.2, 0.25) is 0 Å². The van der Waals surface area contributed by atoms with E-state index in [1.54, 1.807) is 0 Å². The second-order valence-corrected chi connectivity index (χ2v) is 7.32. The number of hydrogen-bond donors (Lipinski definition) is 1. The van der Waals surface area contributed by atoms with Crippen LogP contribution in [-0.2, 0) is 6.42 Å². The molecule has 0 aliphatic rings. The number of hydrogen-bond acceptors (Lipinski definition) is 4. The Labute approximate surface area is 169 Å². The third-order valence-electron chi connectivity index (χ3n) is 5.10. The monoisotopic (exact) mass is 385 g/mol. The fraction of sp³-hybridized carbons (Fsp3) is 0.208. The van der Waals surface area contributed by atoms with Crippen molar-refractivity contribution in [3.8, 4) is 11.3 Å². The lowest BCUT2D eigenvalue weighted by Gasteiger charge is -2.15. The maximum absolute atomic E-state index is 13.2. The summed E-state index contributed by atoms with van der Waals surface area (Å²) < 4.78 is 5.24. The number of nitrogens with zero attached hydrogens (tertiary/aromatic N) is 2. The van der Waals surface area contributed by atoms with E-state index >= 15 is 0 Å². The van der Waals surface area contributed by atoms with E-state index in [1.165, 1.54) is 0 Å². The Morgan fingerprint density at radius 3 is 2.52 bits per heavy atom. The van der Waals surface area contributed by atoms with Gasteiger partial charge in [0.05, 0.1) is 22.5 Å². The molecule has 29 heavy (non-hydrogen) atoms. The molecule has 2 heterocycles. The minimum atomic E-state index is -0.111. The van der Waals surface area contributed by atoms with Crippen LogP contribution in [0.5, 0.6) is 0 Å². The second-order valence-electron chi connectivity index (χ2n) is 7.32. The van der Waals surface area contributed by atoms with Gasteiger partial charge in [0.25, 0.3) is 5.91 Å². The van der Waals surface area contributed by atoms with Crippen molar-refractivity contribution in [1.29, 1.82) is 0 Å². The van der Waals surface area contributed by atoms with Crippen LogP contribution in [0.25, 0.3) is 22.2 Å². The largest absolute Gasteiger partial charge is 0.361 e. The van der Waals surface area contributed by atoms with Gasteiger partial charge in [0.15, 0.2) is 0 Å². The number of aromatic nitrogens is 2. The summed E-state index contributed by atoms with van der Waals surface area (Å²) in [6.45, 7) is 5.81. The zero-order valence-corrected chi connectivity index (χ0v) is 16.8. The van der Waals surface area contributed by atoms with E-state index in [2.05, 4.69) is 10.5 Å². The molecular formula is C24H23N3O2. The van der Waals surface area contributed by atoms with E-state index < -0.39 is 0 Å². The Balaban J connectivity index is 1.66. The smallest absolute Gasteiger partial charge is 0.252 e. The van der Waals surface area contributed by atoms with Gasteiger partial charge in [-0.3, -0.25) is 4.79 Å². The molecule has 1 unspecified atom stereocenters. The highest BCUT2D eigenvalue weighted by atomic mass is 16.5. The van der Waals surface area contributed by atoms with Crippen LogP contribution in [0.3, 0.4) is 0 Å². The SMILES string of the molecule is Cc1noc(C)c1CC(C)NC(=O)c1cc(-c2ccccc2)nc2ccccc12. The van der Waals surface area contributed by atoms with Gasteiger partial charge in [-0.1, -0.05) is 53.7 Å². The van der Waals surface area contributed by atoms with Gasteiger partial charge in [-0.15, -0.1) is 0 Å². The molecule has 4 aromatic rings. The summed E-state index contributed by atoms with van der Waals surface area (Å²) >= 11 is 0. The number of pyridine rings is 1. The van der Waals surface area contributed by atoms with Gasteiger partial charge >= 0.3 is 0 Å². The molecule has 5 heteroatoms. The second kappa shape index (κ2) is 7.87. The van der Waals surface area contributed by atoms with Crippen LogP contribution in [-0.4, -0.2) is 22.1 Å². The first kappa shape index (κ1) is 18.9. The Morgan fingerprint density at radius 2 is 1.79 bits per heavy atom. The van der Waals surface area contributed by atoms with Crippen LogP contribution in [0.4, 0.5) is 0 Å². The molecule has 1 amide bonds. The van der Waals surface area contributed by atoms with E-state index in [9.17, 15) is 4.79 Å². The van der Waals surface area contributed by atoms with Gasteiger partial charge in [0, 0.05) is 22.6 Å². The lowest BCUT2D eigenvalue weighted by molar-refractivity contribution is 0.0941. The number of nitrogens with one attached hydrogen (secondary N) is 1. The molecule has 1 atom stereocenters. The highest BCUT2D eigenvalue weighted by Crippen LogP contribution is 2.25. The summed E-state index contributed by atoms with van der Waals surface area (Å²) in [5.74, 6) is 0.685. The van der Waals surface area contributed by atoms with Crippen molar-refractivity contribution >= 4 is 16.8 Å². The molecule has 0 aliphatic heterocycles. The molecule has 0 aliphatic carbocycles. The Kier molecular flexibility index (Phi) is 5.12. The fourth-order valence-corrected chi connectivity index (χ4v) is 3.57. The lowest BCUT2D eigenvalue weighted by Crippen LogP contribution is -2.34. The number of amides is 1. The average molecular weight is 385 g/mol. The molecule has 5 nitrogen and oxygen atoms in total. The summed E-state index contributed by atoms with van der Waals surface area (Å²) in [5, 5.41) is 7.96. The van der Waals surface area contributed by atoms with E-state index in [0.717, 1.165) is 39.2 Å². The molecule has 2 aromatic carbocycles. The minimum Gasteiger partial charge on any atom is -0.361 e. The standard InChI is InChI=1S/C24H23N3O2/c1-15(13-20-16(2)27-29-17(20)3)25-24(28)21-14-23(18-9-5-4-6-10-18)26-22-12-8-7-11-19(21)22/h4-12,14-15H,13H2,1-3H3,(H,25,28). The van der Waals surface area contributed by atoms with Crippen molar-refractivity contribution in [2.24, 2.45) is 0 Å². The molecule has 0 radical (unpaired) electrons. The van der Waals surface area contributed by atoms with E-state index in [0.29, 0.717) is 12.0 Å². The van der Waals surface area contributed by atoms with Crippen LogP contribution in [0, 0.1) is 13.8 Å². The Bertz CT molecular complexity index is 1150. The average Bonchev–Trinajstić information content (AvgIpc) is 3.05. The van der Waals surface area contributed by atoms with E-state index in [-0.39, 0.29) is 11.9 Å². The van der Waals surface area contributed by atoms with Gasteiger partial charge in [-0.05, 0) is 39.3 Å². The topological polar surface area (TPSA) is 68.0 Å². The van der Waals surface area contributed by atoms with Gasteiger partial charge in [-0.25, -0.2) is 4.98 Å². The normalized spacial score (nSPS) is 12.1. The van der Waals surface area contributed by atoms with Crippen molar-refractivity contribution in [2.75, 3.05) is 0 Å². The zero-order chi connectivity index (χ0) is 20.4. The van der Waals surface area contributed by atoms with Crippen molar-refractivity contribution in [3.05, 3.63) is 83.2 Å². The predicted molar refractivity (Wildman–Crippen MR) is 114 cm³/mol. The molecule has 4 rings (SSSR count). The van der Waals surface area contributed by atoms with Crippen LogP contribution in [0.15, 0.2) is 65.2 Å². The Hall–Kier alpha value is -3.47. The molecule has 0 saturated heterocycles. The van der Waals surface area contributed by atoms with Gasteiger partial charge in [0.1, 0.15) is 5.76 Å². The van der Waals surface area contributed by atoms with Crippen LogP contribution >= 0.6 is 0 Å². The molecular weight excluding hydrogens is 362 g/mol. The van der Waals surface area contributed by atoms with E-state index in [1.807, 2.05) is 81.4 Å². The highest BCUT2D eigenvalue weighted by molar-refractivity contribution is 6.07. The molecule has 146 valence electrons. The minimum absolute atomic E-state index is 0.0635. The van der Waals surface area contributed by atoms with Crippen molar-refractivity contribution < 1.29 is 9.32 Å². The summed E-state index contributed by atoms with van der Waals surface area (Å²) in [4.78, 5) is 17.9. The van der Waals surface area contributed by atoms with Crippen LogP contribution < -0.4 is 5.32 Å². The van der Waals surface area contributed by atoms with Gasteiger partial charge in [0.2, 0.25) is 0 Å². The summed E-state index contributed by atoms with van der Waals surface area (Å²) in [7, 11) is 0. The third kappa shape index (κ3) is 3.90. The number of carbonyl (C=O) groups is 1. The summed E-state index contributed by atoms with van der Waals surface area (Å²) in [6.07, 6.45) is 0.668. The maximum Gasteiger partial charge on any atom is 0.252 e. The molecule has 0 bridgehead atoms. The predicted octanol–water partition coefficient (Wildman–Crippen LogP) is 4.87. The molecule has 1 N–H and O–H groups in total. The van der Waals surface area contributed by atoms with Crippen molar-refractivity contribution in [1.82, 2.24) is 15.5 Å². The molecule has 0 spiro atoms. The highest BCUT2D eigenvalue weighted by Gasteiger charge is 2.18. The number of carbonyl (C=O) groups excluding carboxylic acids is 1. The summed E-state index contributed by atoms with van der Waals surface area (Å²) in [5.41, 5.74) is 5.10. The third-order valence-corrected chi connectivity index (χ3v) is 5.10. The first-order valence-corrected chi connectivity index (χ1v) is 9.70. The number of aryl methyl sites for hydroxylation is 2. The molecule has 2 aromatic heterocycles. The zero-order valence-electron chi connectivity index (χ0n) is 16.8. The van der Waals surface area contributed by atoms with Crippen molar-refractivity contribution in [2.45, 2.75) is 33.2 Å². The molecule has 0 fully saturated rings. The number of fused-ring (bicyclic) bond motifs is 1. The van der Waals surface area contributed by atoms with E-state index in [4.69, 9.17) is 9.51 Å².